The molecule has 0 saturated carbocycles. The minimum absolute atomic E-state index is 0.228. The van der Waals surface area contributed by atoms with E-state index in [-0.39, 0.29) is 5.91 Å². The first kappa shape index (κ1) is 14.0. The molecule has 0 atom stereocenters. The van der Waals surface area contributed by atoms with Crippen LogP contribution in [-0.2, 0) is 7.05 Å². The third-order valence-electron chi connectivity index (χ3n) is 2.61. The van der Waals surface area contributed by atoms with Crippen molar-refractivity contribution in [1.29, 1.82) is 0 Å². The van der Waals surface area contributed by atoms with Gasteiger partial charge in [0.15, 0.2) is 0 Å². The van der Waals surface area contributed by atoms with Gasteiger partial charge < -0.3 is 14.6 Å². The molecule has 2 rings (SSSR count). The van der Waals surface area contributed by atoms with E-state index in [1.54, 1.807) is 35.9 Å². The molecule has 1 amide bonds. The van der Waals surface area contributed by atoms with Crippen LogP contribution in [0.2, 0.25) is 5.02 Å². The van der Waals surface area contributed by atoms with Crippen molar-refractivity contribution in [1.82, 2.24) is 4.57 Å². The zero-order valence-electron chi connectivity index (χ0n) is 10.4. The molecule has 0 aliphatic carbocycles. The van der Waals surface area contributed by atoms with E-state index in [0.29, 0.717) is 22.2 Å². The Balaban J connectivity index is 2.28. The van der Waals surface area contributed by atoms with E-state index in [9.17, 15) is 4.79 Å². The molecule has 0 aliphatic rings. The lowest BCUT2D eigenvalue weighted by Crippen LogP contribution is -2.15. The molecule has 19 heavy (non-hydrogen) atoms. The lowest BCUT2D eigenvalue weighted by molar-refractivity contribution is 0.101. The number of halogens is 2. The quantitative estimate of drug-likeness (QED) is 0.923. The summed E-state index contributed by atoms with van der Waals surface area (Å²) in [4.78, 5) is 12.2. The fourth-order valence-corrected chi connectivity index (χ4v) is 2.41. The fourth-order valence-electron chi connectivity index (χ4n) is 1.71. The largest absolute Gasteiger partial charge is 0.495 e. The molecule has 4 nitrogen and oxygen atoms in total. The lowest BCUT2D eigenvalue weighted by Gasteiger charge is -2.10. The zero-order valence-corrected chi connectivity index (χ0v) is 12.7. The maximum atomic E-state index is 12.2. The molecule has 0 unspecified atom stereocenters. The maximum Gasteiger partial charge on any atom is 0.272 e. The van der Waals surface area contributed by atoms with E-state index in [1.165, 1.54) is 7.11 Å². The van der Waals surface area contributed by atoms with E-state index in [4.69, 9.17) is 16.3 Å². The first-order chi connectivity index (χ1) is 9.01. The van der Waals surface area contributed by atoms with Gasteiger partial charge in [-0.25, -0.2) is 0 Å². The zero-order chi connectivity index (χ0) is 14.0. The van der Waals surface area contributed by atoms with Gasteiger partial charge in [0.25, 0.3) is 5.91 Å². The van der Waals surface area contributed by atoms with Gasteiger partial charge in [-0.1, -0.05) is 11.6 Å². The molecular weight excluding hydrogens is 332 g/mol. The van der Waals surface area contributed by atoms with Gasteiger partial charge in [-0.05, 0) is 40.2 Å². The molecule has 2 aromatic rings. The Morgan fingerprint density at radius 3 is 2.74 bits per heavy atom. The van der Waals surface area contributed by atoms with E-state index in [1.807, 2.05) is 6.20 Å². The summed E-state index contributed by atoms with van der Waals surface area (Å²) in [6.45, 7) is 0. The molecule has 0 aliphatic heterocycles. The number of aromatic nitrogens is 1. The number of aryl methyl sites for hydroxylation is 1. The summed E-state index contributed by atoms with van der Waals surface area (Å²) in [5, 5.41) is 3.31. The molecule has 1 N–H and O–H groups in total. The molecular formula is C13H12BrClN2O2. The lowest BCUT2D eigenvalue weighted by atomic mass is 10.2. The van der Waals surface area contributed by atoms with Crippen molar-refractivity contribution in [2.75, 3.05) is 12.4 Å². The molecule has 1 aromatic heterocycles. The standard InChI is InChI=1S/C13H12BrClN2O2/c1-17-7-8(14)5-11(17)13(18)16-10-6-9(15)3-4-12(10)19-2/h3-7H,1-2H3,(H,16,18). The highest BCUT2D eigenvalue weighted by Crippen LogP contribution is 2.28. The monoisotopic (exact) mass is 342 g/mol. The number of methoxy groups -OCH3 is 1. The highest BCUT2D eigenvalue weighted by atomic mass is 79.9. The van der Waals surface area contributed by atoms with Gasteiger partial charge in [-0.3, -0.25) is 4.79 Å². The van der Waals surface area contributed by atoms with Gasteiger partial charge in [-0.15, -0.1) is 0 Å². The van der Waals surface area contributed by atoms with E-state index < -0.39 is 0 Å². The van der Waals surface area contributed by atoms with Crippen molar-refractivity contribution in [3.63, 3.8) is 0 Å². The number of benzene rings is 1. The van der Waals surface area contributed by atoms with Crippen molar-refractivity contribution < 1.29 is 9.53 Å². The molecule has 0 fully saturated rings. The Kier molecular flexibility index (Phi) is 4.17. The van der Waals surface area contributed by atoms with E-state index in [2.05, 4.69) is 21.2 Å². The smallest absolute Gasteiger partial charge is 0.272 e. The van der Waals surface area contributed by atoms with Crippen LogP contribution in [0.25, 0.3) is 0 Å². The van der Waals surface area contributed by atoms with E-state index >= 15 is 0 Å². The number of amides is 1. The van der Waals surface area contributed by atoms with Crippen molar-refractivity contribution >= 4 is 39.1 Å². The van der Waals surface area contributed by atoms with Crippen LogP contribution >= 0.6 is 27.5 Å². The maximum absolute atomic E-state index is 12.2. The molecule has 0 saturated heterocycles. The topological polar surface area (TPSA) is 43.3 Å². The predicted molar refractivity (Wildman–Crippen MR) is 79.1 cm³/mol. The fraction of sp³-hybridized carbons (Fsp3) is 0.154. The molecule has 1 heterocycles. The second-order valence-electron chi connectivity index (χ2n) is 3.95. The summed E-state index contributed by atoms with van der Waals surface area (Å²) in [6.07, 6.45) is 1.81. The Labute approximate surface area is 124 Å². The Bertz CT molecular complexity index is 625. The third-order valence-corrected chi connectivity index (χ3v) is 3.28. The van der Waals surface area contributed by atoms with Gasteiger partial charge in [0.2, 0.25) is 0 Å². The van der Waals surface area contributed by atoms with Gasteiger partial charge in [0.1, 0.15) is 11.4 Å². The molecule has 0 radical (unpaired) electrons. The minimum Gasteiger partial charge on any atom is -0.495 e. The Hall–Kier alpha value is -1.46. The van der Waals surface area contributed by atoms with Gasteiger partial charge in [0.05, 0.1) is 12.8 Å². The number of carbonyl (C=O) groups excluding carboxylic acids is 1. The SMILES string of the molecule is COc1ccc(Cl)cc1NC(=O)c1cc(Br)cn1C. The van der Waals surface area contributed by atoms with E-state index in [0.717, 1.165) is 4.47 Å². The second-order valence-corrected chi connectivity index (χ2v) is 5.31. The average Bonchev–Trinajstić information content (AvgIpc) is 2.69. The summed E-state index contributed by atoms with van der Waals surface area (Å²) in [5.41, 5.74) is 1.08. The molecule has 0 spiro atoms. The number of nitrogens with zero attached hydrogens (tertiary/aromatic N) is 1. The van der Waals surface area contributed by atoms with Crippen LogP contribution in [0.5, 0.6) is 5.75 Å². The summed E-state index contributed by atoms with van der Waals surface area (Å²) < 4.78 is 7.76. The Morgan fingerprint density at radius 1 is 1.42 bits per heavy atom. The number of ether oxygens (including phenoxy) is 1. The van der Waals surface area contributed by atoms with Crippen molar-refractivity contribution in [3.05, 3.63) is 45.7 Å². The first-order valence-corrected chi connectivity index (χ1v) is 6.65. The summed E-state index contributed by atoms with van der Waals surface area (Å²) in [6, 6.07) is 6.80. The number of rotatable bonds is 3. The van der Waals surface area contributed by atoms with Crippen LogP contribution in [0.4, 0.5) is 5.69 Å². The first-order valence-electron chi connectivity index (χ1n) is 5.48. The van der Waals surface area contributed by atoms with Crippen molar-refractivity contribution in [2.45, 2.75) is 0 Å². The molecule has 1 aromatic carbocycles. The number of hydrogen-bond donors (Lipinski definition) is 1. The number of anilines is 1. The highest BCUT2D eigenvalue weighted by molar-refractivity contribution is 9.10. The van der Waals surface area contributed by atoms with Crippen molar-refractivity contribution in [3.8, 4) is 5.75 Å². The number of nitrogens with one attached hydrogen (secondary N) is 1. The second kappa shape index (κ2) is 5.67. The van der Waals surface area contributed by atoms with Gasteiger partial charge in [-0.2, -0.15) is 0 Å². The summed E-state index contributed by atoms with van der Waals surface area (Å²) >= 11 is 9.25. The normalized spacial score (nSPS) is 10.3. The number of hydrogen-bond acceptors (Lipinski definition) is 2. The summed E-state index contributed by atoms with van der Waals surface area (Å²) in [5.74, 6) is 0.333. The summed E-state index contributed by atoms with van der Waals surface area (Å²) in [7, 11) is 3.34. The van der Waals surface area contributed by atoms with Crippen LogP contribution in [0.3, 0.4) is 0 Å². The average molecular weight is 344 g/mol. The van der Waals surface area contributed by atoms with Gasteiger partial charge >= 0.3 is 0 Å². The van der Waals surface area contributed by atoms with Crippen LogP contribution < -0.4 is 10.1 Å². The van der Waals surface area contributed by atoms with Crippen LogP contribution in [0, 0.1) is 0 Å². The number of carbonyl (C=O) groups is 1. The van der Waals surface area contributed by atoms with Crippen LogP contribution in [0.1, 0.15) is 10.5 Å². The molecule has 0 bridgehead atoms. The highest BCUT2D eigenvalue weighted by Gasteiger charge is 2.13. The van der Waals surface area contributed by atoms with Crippen LogP contribution in [0.15, 0.2) is 34.9 Å². The predicted octanol–water partition coefficient (Wildman–Crippen LogP) is 3.70. The Morgan fingerprint density at radius 2 is 2.16 bits per heavy atom. The van der Waals surface area contributed by atoms with Gasteiger partial charge in [0, 0.05) is 22.7 Å². The van der Waals surface area contributed by atoms with Crippen molar-refractivity contribution in [2.24, 2.45) is 7.05 Å². The molecule has 6 heteroatoms. The minimum atomic E-state index is -0.228. The van der Waals surface area contributed by atoms with Crippen LogP contribution in [-0.4, -0.2) is 17.6 Å². The molecule has 100 valence electrons. The third kappa shape index (κ3) is 3.11.